The molecule has 0 amide bonds. The molecule has 0 fully saturated rings. The van der Waals surface area contributed by atoms with Crippen LogP contribution in [0.15, 0.2) is 30.6 Å². The van der Waals surface area contributed by atoms with Gasteiger partial charge in [0.2, 0.25) is 0 Å². The average Bonchev–Trinajstić information content (AvgIpc) is 2.64. The molecule has 4 nitrogen and oxygen atoms in total. The number of nitrogens with two attached hydrogens (primary N) is 1. The van der Waals surface area contributed by atoms with E-state index in [1.54, 1.807) is 29.1 Å². The molecule has 1 heterocycles. The van der Waals surface area contributed by atoms with E-state index < -0.39 is 0 Å². The van der Waals surface area contributed by atoms with E-state index in [1.165, 1.54) is 6.20 Å². The molecule has 0 spiro atoms. The van der Waals surface area contributed by atoms with E-state index in [0.717, 1.165) is 0 Å². The molecule has 0 radical (unpaired) electrons. The lowest BCUT2D eigenvalue weighted by molar-refractivity contribution is 0.883. The van der Waals surface area contributed by atoms with E-state index in [4.69, 9.17) is 22.6 Å². The molecule has 0 aliphatic carbocycles. The number of anilines is 1. The predicted octanol–water partition coefficient (Wildman–Crippen LogP) is 1.98. The van der Waals surface area contributed by atoms with E-state index >= 15 is 0 Å². The number of rotatable bonds is 1. The molecule has 0 aliphatic heterocycles. The maximum atomic E-state index is 8.68. The van der Waals surface area contributed by atoms with E-state index in [9.17, 15) is 0 Å². The van der Waals surface area contributed by atoms with Crippen molar-refractivity contribution in [2.45, 2.75) is 0 Å². The smallest absolute Gasteiger partial charge is 0.0992 e. The molecule has 0 atom stereocenters. The molecule has 2 N–H and O–H groups in total. The second-order valence-corrected chi connectivity index (χ2v) is 3.42. The molecule has 5 heteroatoms. The molecule has 2 aromatic rings. The van der Waals surface area contributed by atoms with Crippen LogP contribution in [0.5, 0.6) is 0 Å². The van der Waals surface area contributed by atoms with Crippen molar-refractivity contribution in [3.8, 4) is 11.8 Å². The molecule has 0 saturated heterocycles. The Morgan fingerprint density at radius 3 is 2.80 bits per heavy atom. The van der Waals surface area contributed by atoms with Gasteiger partial charge in [0, 0.05) is 6.20 Å². The fourth-order valence-corrected chi connectivity index (χ4v) is 1.40. The third-order valence-corrected chi connectivity index (χ3v) is 2.15. The molecule has 15 heavy (non-hydrogen) atoms. The molecule has 0 bridgehead atoms. The molecule has 0 saturated carbocycles. The van der Waals surface area contributed by atoms with Gasteiger partial charge in [-0.1, -0.05) is 11.6 Å². The molecule has 0 unspecified atom stereocenters. The first-order chi connectivity index (χ1) is 7.20. The molecular weight excluding hydrogens is 212 g/mol. The third-order valence-electron chi connectivity index (χ3n) is 1.95. The standard InChI is InChI=1S/C10H7ClN4/c11-8-5-14-15(6-8)10-2-1-7(4-12)3-9(10)13/h1-3,5-6H,13H2. The first-order valence-electron chi connectivity index (χ1n) is 4.21. The highest BCUT2D eigenvalue weighted by Gasteiger charge is 2.04. The molecule has 2 rings (SSSR count). The minimum Gasteiger partial charge on any atom is -0.397 e. The monoisotopic (exact) mass is 218 g/mol. The van der Waals surface area contributed by atoms with Gasteiger partial charge in [-0.05, 0) is 18.2 Å². The van der Waals surface area contributed by atoms with Crippen LogP contribution < -0.4 is 5.73 Å². The van der Waals surface area contributed by atoms with Crippen molar-refractivity contribution in [3.05, 3.63) is 41.2 Å². The summed E-state index contributed by atoms with van der Waals surface area (Å²) in [5.41, 5.74) is 7.51. The number of benzene rings is 1. The summed E-state index contributed by atoms with van der Waals surface area (Å²) in [6.45, 7) is 0. The third kappa shape index (κ3) is 1.78. The molecule has 1 aromatic carbocycles. The van der Waals surface area contributed by atoms with Crippen LogP contribution in [0.25, 0.3) is 5.69 Å². The Labute approximate surface area is 91.5 Å². The fraction of sp³-hybridized carbons (Fsp3) is 0. The van der Waals surface area contributed by atoms with Crippen LogP contribution in [0, 0.1) is 11.3 Å². The number of hydrogen-bond donors (Lipinski definition) is 1. The first-order valence-corrected chi connectivity index (χ1v) is 4.58. The van der Waals surface area contributed by atoms with Crippen molar-refractivity contribution < 1.29 is 0 Å². The van der Waals surface area contributed by atoms with Crippen LogP contribution in [0.1, 0.15) is 5.56 Å². The molecule has 0 aliphatic rings. The minimum atomic E-state index is 0.494. The first kappa shape index (κ1) is 9.56. The van der Waals surface area contributed by atoms with Gasteiger partial charge in [-0.15, -0.1) is 0 Å². The van der Waals surface area contributed by atoms with Crippen LogP contribution in [-0.4, -0.2) is 9.78 Å². The second-order valence-electron chi connectivity index (χ2n) is 2.99. The van der Waals surface area contributed by atoms with Gasteiger partial charge in [-0.2, -0.15) is 10.4 Å². The normalized spacial score (nSPS) is 9.87. The van der Waals surface area contributed by atoms with E-state index in [1.807, 2.05) is 6.07 Å². The molecular formula is C10H7ClN4. The number of nitrogen functional groups attached to an aromatic ring is 1. The number of aromatic nitrogens is 2. The van der Waals surface area contributed by atoms with Gasteiger partial charge < -0.3 is 5.73 Å². The Kier molecular flexibility index (Phi) is 2.32. The predicted molar refractivity (Wildman–Crippen MR) is 57.7 cm³/mol. The average molecular weight is 219 g/mol. The van der Waals surface area contributed by atoms with Gasteiger partial charge in [0.1, 0.15) is 0 Å². The van der Waals surface area contributed by atoms with Gasteiger partial charge in [-0.25, -0.2) is 4.68 Å². The summed E-state index contributed by atoms with van der Waals surface area (Å²) in [5.74, 6) is 0. The fourth-order valence-electron chi connectivity index (χ4n) is 1.27. The summed E-state index contributed by atoms with van der Waals surface area (Å²) in [5, 5.41) is 13.2. The van der Waals surface area contributed by atoms with Gasteiger partial charge in [0.25, 0.3) is 0 Å². The summed E-state index contributed by atoms with van der Waals surface area (Å²) in [4.78, 5) is 0. The van der Waals surface area contributed by atoms with Crippen LogP contribution in [-0.2, 0) is 0 Å². The second kappa shape index (κ2) is 3.64. The lowest BCUT2D eigenvalue weighted by Gasteiger charge is -2.04. The quantitative estimate of drug-likeness (QED) is 0.745. The summed E-state index contributed by atoms with van der Waals surface area (Å²) < 4.78 is 1.57. The number of halogens is 1. The van der Waals surface area contributed by atoms with Crippen molar-refractivity contribution in [1.29, 1.82) is 5.26 Å². The van der Waals surface area contributed by atoms with Crippen LogP contribution in [0.4, 0.5) is 5.69 Å². The Morgan fingerprint density at radius 2 is 2.27 bits per heavy atom. The van der Waals surface area contributed by atoms with Crippen molar-refractivity contribution in [3.63, 3.8) is 0 Å². The lowest BCUT2D eigenvalue weighted by atomic mass is 10.2. The topological polar surface area (TPSA) is 67.6 Å². The van der Waals surface area contributed by atoms with Gasteiger partial charge >= 0.3 is 0 Å². The number of nitrogens with zero attached hydrogens (tertiary/aromatic N) is 3. The summed E-state index contributed by atoms with van der Waals surface area (Å²) in [6.07, 6.45) is 3.18. The maximum absolute atomic E-state index is 8.68. The highest BCUT2D eigenvalue weighted by atomic mass is 35.5. The van der Waals surface area contributed by atoms with E-state index in [-0.39, 0.29) is 0 Å². The zero-order valence-electron chi connectivity index (χ0n) is 7.68. The Hall–Kier alpha value is -1.99. The maximum Gasteiger partial charge on any atom is 0.0992 e. The van der Waals surface area contributed by atoms with Crippen molar-refractivity contribution in [2.24, 2.45) is 0 Å². The number of nitriles is 1. The summed E-state index contributed by atoms with van der Waals surface area (Å²) >= 11 is 5.74. The Balaban J connectivity index is 2.51. The van der Waals surface area contributed by atoms with Crippen LogP contribution in [0.2, 0.25) is 5.02 Å². The van der Waals surface area contributed by atoms with Gasteiger partial charge in [0.05, 0.1) is 34.2 Å². The zero-order chi connectivity index (χ0) is 10.8. The van der Waals surface area contributed by atoms with E-state index in [0.29, 0.717) is 22.0 Å². The van der Waals surface area contributed by atoms with Crippen molar-refractivity contribution in [2.75, 3.05) is 5.73 Å². The molecule has 74 valence electrons. The Bertz CT molecular complexity index is 539. The summed E-state index contributed by atoms with van der Waals surface area (Å²) in [6, 6.07) is 7.03. The largest absolute Gasteiger partial charge is 0.397 e. The van der Waals surface area contributed by atoms with Crippen molar-refractivity contribution >= 4 is 17.3 Å². The summed E-state index contributed by atoms with van der Waals surface area (Å²) in [7, 11) is 0. The highest BCUT2D eigenvalue weighted by molar-refractivity contribution is 6.30. The van der Waals surface area contributed by atoms with E-state index in [2.05, 4.69) is 5.10 Å². The van der Waals surface area contributed by atoms with Crippen molar-refractivity contribution in [1.82, 2.24) is 9.78 Å². The van der Waals surface area contributed by atoms with Gasteiger partial charge in [0.15, 0.2) is 0 Å². The van der Waals surface area contributed by atoms with Gasteiger partial charge in [-0.3, -0.25) is 0 Å². The SMILES string of the molecule is N#Cc1ccc(-n2cc(Cl)cn2)c(N)c1. The highest BCUT2D eigenvalue weighted by Crippen LogP contribution is 2.19. The Morgan fingerprint density at radius 1 is 1.47 bits per heavy atom. The molecule has 1 aromatic heterocycles. The van der Waals surface area contributed by atoms with Crippen LogP contribution in [0.3, 0.4) is 0 Å². The minimum absolute atomic E-state index is 0.494. The lowest BCUT2D eigenvalue weighted by Crippen LogP contribution is -2.00. The van der Waals surface area contributed by atoms with Crippen LogP contribution >= 0.6 is 11.6 Å². The zero-order valence-corrected chi connectivity index (χ0v) is 8.44. The number of hydrogen-bond acceptors (Lipinski definition) is 3.